The Labute approximate surface area is 144 Å². The first-order chi connectivity index (χ1) is 11.3. The number of hydrogen-bond acceptors (Lipinski definition) is 5. The van der Waals surface area contributed by atoms with E-state index in [0.717, 1.165) is 19.3 Å². The molecule has 138 valence electrons. The third kappa shape index (κ3) is 5.44. The molecule has 0 spiro atoms. The van der Waals surface area contributed by atoms with Gasteiger partial charge in [-0.05, 0) is 31.6 Å². The molecule has 1 saturated carbocycles. The molecule has 1 aliphatic heterocycles. The van der Waals surface area contributed by atoms with Crippen LogP contribution in [-0.2, 0) is 24.3 Å². The summed E-state index contributed by atoms with van der Waals surface area (Å²) in [6, 6.07) is 0.169. The van der Waals surface area contributed by atoms with E-state index in [9.17, 15) is 18.0 Å². The number of piperidine rings is 1. The van der Waals surface area contributed by atoms with Crippen LogP contribution in [0.3, 0.4) is 0 Å². The SMILES string of the molecule is C[C@H]1CCCC[C@H]1NC(=O)COC(=O)C1CCN(S(C)(=O)=O)CC1. The number of amides is 1. The molecular formula is C16H28N2O5S. The molecule has 1 aliphatic carbocycles. The van der Waals surface area contributed by atoms with Crippen molar-refractivity contribution in [3.05, 3.63) is 0 Å². The largest absolute Gasteiger partial charge is 0.455 e. The molecule has 1 heterocycles. The molecular weight excluding hydrogens is 332 g/mol. The van der Waals surface area contributed by atoms with Gasteiger partial charge in [0.2, 0.25) is 10.0 Å². The lowest BCUT2D eigenvalue weighted by Crippen LogP contribution is -2.43. The van der Waals surface area contributed by atoms with Crippen molar-refractivity contribution in [1.82, 2.24) is 9.62 Å². The maximum absolute atomic E-state index is 12.0. The molecule has 1 amide bonds. The van der Waals surface area contributed by atoms with Crippen LogP contribution in [0.5, 0.6) is 0 Å². The van der Waals surface area contributed by atoms with Crippen molar-refractivity contribution < 1.29 is 22.7 Å². The molecule has 0 aromatic rings. The van der Waals surface area contributed by atoms with Crippen LogP contribution in [0.15, 0.2) is 0 Å². The molecule has 2 atom stereocenters. The van der Waals surface area contributed by atoms with Gasteiger partial charge < -0.3 is 10.1 Å². The second kappa shape index (κ2) is 8.29. The zero-order valence-corrected chi connectivity index (χ0v) is 15.3. The van der Waals surface area contributed by atoms with E-state index in [1.165, 1.54) is 17.0 Å². The summed E-state index contributed by atoms with van der Waals surface area (Å²) in [7, 11) is -3.21. The van der Waals surface area contributed by atoms with E-state index in [2.05, 4.69) is 12.2 Å². The summed E-state index contributed by atoms with van der Waals surface area (Å²) in [5, 5.41) is 2.95. The molecule has 8 heteroatoms. The van der Waals surface area contributed by atoms with Gasteiger partial charge in [-0.2, -0.15) is 0 Å². The monoisotopic (exact) mass is 360 g/mol. The van der Waals surface area contributed by atoms with Crippen LogP contribution < -0.4 is 5.32 Å². The smallest absolute Gasteiger partial charge is 0.309 e. The second-order valence-corrected chi connectivity index (χ2v) is 8.96. The summed E-state index contributed by atoms with van der Waals surface area (Å²) in [5.74, 6) is -0.534. The Morgan fingerprint density at radius 1 is 1.12 bits per heavy atom. The van der Waals surface area contributed by atoms with Crippen molar-refractivity contribution in [2.24, 2.45) is 11.8 Å². The highest BCUT2D eigenvalue weighted by atomic mass is 32.2. The van der Waals surface area contributed by atoms with Gasteiger partial charge in [-0.25, -0.2) is 12.7 Å². The number of carbonyl (C=O) groups is 2. The van der Waals surface area contributed by atoms with Gasteiger partial charge in [0.1, 0.15) is 0 Å². The number of nitrogens with zero attached hydrogens (tertiary/aromatic N) is 1. The third-order valence-corrected chi connectivity index (χ3v) is 6.36. The van der Waals surface area contributed by atoms with Crippen LogP contribution in [0.25, 0.3) is 0 Å². The minimum Gasteiger partial charge on any atom is -0.455 e. The number of hydrogen-bond donors (Lipinski definition) is 1. The minimum atomic E-state index is -3.21. The van der Waals surface area contributed by atoms with Crippen LogP contribution in [0.4, 0.5) is 0 Å². The molecule has 0 radical (unpaired) electrons. The highest BCUT2D eigenvalue weighted by Gasteiger charge is 2.30. The summed E-state index contributed by atoms with van der Waals surface area (Å²) < 4.78 is 29.4. The molecule has 24 heavy (non-hydrogen) atoms. The van der Waals surface area contributed by atoms with Gasteiger partial charge in [0.15, 0.2) is 6.61 Å². The molecule has 7 nitrogen and oxygen atoms in total. The highest BCUT2D eigenvalue weighted by molar-refractivity contribution is 7.88. The van der Waals surface area contributed by atoms with Crippen molar-refractivity contribution in [2.75, 3.05) is 26.0 Å². The minimum absolute atomic E-state index is 0.169. The fourth-order valence-electron chi connectivity index (χ4n) is 3.46. The van der Waals surface area contributed by atoms with E-state index >= 15 is 0 Å². The van der Waals surface area contributed by atoms with E-state index in [-0.39, 0.29) is 24.5 Å². The van der Waals surface area contributed by atoms with E-state index in [1.807, 2.05) is 0 Å². The standard InChI is InChI=1S/C16H28N2O5S/c1-12-5-3-4-6-14(12)17-15(19)11-23-16(20)13-7-9-18(10-8-13)24(2,21)22/h12-14H,3-11H2,1-2H3,(H,17,19)/t12-,14+/m0/s1. The third-order valence-electron chi connectivity index (χ3n) is 5.06. The van der Waals surface area contributed by atoms with Crippen molar-refractivity contribution in [1.29, 1.82) is 0 Å². The van der Waals surface area contributed by atoms with E-state index in [1.54, 1.807) is 0 Å². The quantitative estimate of drug-likeness (QED) is 0.735. The maximum atomic E-state index is 12.0. The average Bonchev–Trinajstić information content (AvgIpc) is 2.54. The molecule has 2 fully saturated rings. The zero-order valence-electron chi connectivity index (χ0n) is 14.5. The first-order valence-electron chi connectivity index (χ1n) is 8.68. The first kappa shape index (κ1) is 19.2. The number of ether oxygens (including phenoxy) is 1. The number of rotatable bonds is 5. The van der Waals surface area contributed by atoms with Crippen LogP contribution in [0, 0.1) is 11.8 Å². The zero-order chi connectivity index (χ0) is 17.7. The summed E-state index contributed by atoms with van der Waals surface area (Å²) in [5.41, 5.74) is 0. The van der Waals surface area contributed by atoms with Crippen LogP contribution in [0.1, 0.15) is 45.4 Å². The summed E-state index contributed by atoms with van der Waals surface area (Å²) >= 11 is 0. The Morgan fingerprint density at radius 2 is 1.75 bits per heavy atom. The van der Waals surface area contributed by atoms with E-state index in [4.69, 9.17) is 4.74 Å². The van der Waals surface area contributed by atoms with Gasteiger partial charge in [-0.3, -0.25) is 9.59 Å². The van der Waals surface area contributed by atoms with Crippen molar-refractivity contribution in [2.45, 2.75) is 51.5 Å². The van der Waals surface area contributed by atoms with Gasteiger partial charge >= 0.3 is 5.97 Å². The molecule has 1 saturated heterocycles. The molecule has 0 aromatic carbocycles. The molecule has 2 aliphatic rings. The molecule has 2 rings (SSSR count). The fraction of sp³-hybridized carbons (Fsp3) is 0.875. The van der Waals surface area contributed by atoms with Crippen LogP contribution >= 0.6 is 0 Å². The fourth-order valence-corrected chi connectivity index (χ4v) is 4.33. The predicted octanol–water partition coefficient (Wildman–Crippen LogP) is 0.896. The number of sulfonamides is 1. The Morgan fingerprint density at radius 3 is 2.33 bits per heavy atom. The Hall–Kier alpha value is -1.15. The Kier molecular flexibility index (Phi) is 6.62. The summed E-state index contributed by atoms with van der Waals surface area (Å²) in [6.07, 6.45) is 6.46. The average molecular weight is 360 g/mol. The lowest BCUT2D eigenvalue weighted by atomic mass is 9.86. The van der Waals surface area contributed by atoms with E-state index < -0.39 is 16.0 Å². The molecule has 0 unspecified atom stereocenters. The first-order valence-corrected chi connectivity index (χ1v) is 10.5. The topological polar surface area (TPSA) is 92.8 Å². The highest BCUT2D eigenvalue weighted by Crippen LogP contribution is 2.24. The summed E-state index contributed by atoms with van der Waals surface area (Å²) in [4.78, 5) is 24.0. The van der Waals surface area contributed by atoms with Gasteiger partial charge in [-0.1, -0.05) is 19.8 Å². The van der Waals surface area contributed by atoms with Crippen LogP contribution in [-0.4, -0.2) is 56.6 Å². The lowest BCUT2D eigenvalue weighted by molar-refractivity contribution is -0.154. The molecule has 0 aromatic heterocycles. The molecule has 1 N–H and O–H groups in total. The van der Waals surface area contributed by atoms with Crippen molar-refractivity contribution >= 4 is 21.9 Å². The van der Waals surface area contributed by atoms with Gasteiger partial charge in [0.25, 0.3) is 5.91 Å². The normalized spacial score (nSPS) is 26.8. The Balaban J connectivity index is 1.70. The summed E-state index contributed by atoms with van der Waals surface area (Å²) in [6.45, 7) is 2.52. The Bertz CT molecular complexity index is 555. The lowest BCUT2D eigenvalue weighted by Gasteiger charge is -2.30. The van der Waals surface area contributed by atoms with E-state index in [0.29, 0.717) is 31.8 Å². The van der Waals surface area contributed by atoms with Gasteiger partial charge in [0.05, 0.1) is 12.2 Å². The van der Waals surface area contributed by atoms with Gasteiger partial charge in [0, 0.05) is 19.1 Å². The number of carbonyl (C=O) groups excluding carboxylic acids is 2. The van der Waals surface area contributed by atoms with Crippen molar-refractivity contribution in [3.8, 4) is 0 Å². The molecule has 0 bridgehead atoms. The number of nitrogens with one attached hydrogen (secondary N) is 1. The van der Waals surface area contributed by atoms with Crippen LogP contribution in [0.2, 0.25) is 0 Å². The maximum Gasteiger partial charge on any atom is 0.309 e. The predicted molar refractivity (Wildman–Crippen MR) is 89.7 cm³/mol. The second-order valence-electron chi connectivity index (χ2n) is 6.98. The van der Waals surface area contributed by atoms with Gasteiger partial charge in [-0.15, -0.1) is 0 Å². The van der Waals surface area contributed by atoms with Crippen molar-refractivity contribution in [3.63, 3.8) is 0 Å². The number of esters is 1.